The van der Waals surface area contributed by atoms with Gasteiger partial charge in [-0.1, -0.05) is 60.1 Å². The second-order valence-corrected chi connectivity index (χ2v) is 9.11. The zero-order valence-electron chi connectivity index (χ0n) is 19.2. The fraction of sp³-hybridized carbons (Fsp3) is 0.172. The molecule has 5 heteroatoms. The monoisotopic (exact) mass is 471 g/mol. The molecule has 4 nitrogen and oxygen atoms in total. The number of aryl methyl sites for hydroxylation is 1. The molecule has 34 heavy (non-hydrogen) atoms. The van der Waals surface area contributed by atoms with Crippen molar-refractivity contribution < 1.29 is 14.6 Å². The lowest BCUT2D eigenvalue weighted by Crippen LogP contribution is -2.18. The molecule has 4 rings (SSSR count). The molecule has 0 amide bonds. The highest BCUT2D eigenvalue weighted by Crippen LogP contribution is 2.25. The van der Waals surface area contributed by atoms with E-state index in [9.17, 15) is 9.90 Å². The van der Waals surface area contributed by atoms with Crippen LogP contribution in [0.15, 0.2) is 85.1 Å². The number of pyridine rings is 1. The summed E-state index contributed by atoms with van der Waals surface area (Å²) in [6, 6.07) is 24.4. The van der Waals surface area contributed by atoms with Crippen LogP contribution in [0, 0.1) is 0 Å². The number of carbonyl (C=O) groups excluding carboxylic acids is 1. The van der Waals surface area contributed by atoms with Crippen LogP contribution < -0.4 is 4.74 Å². The number of hydrogen-bond donors (Lipinski definition) is 1. The Hall–Kier alpha value is -3.47. The molecule has 1 N–H and O–H groups in total. The predicted molar refractivity (Wildman–Crippen MR) is 137 cm³/mol. The van der Waals surface area contributed by atoms with Gasteiger partial charge in [-0.25, -0.2) is 4.98 Å². The molecule has 4 aromatic rings. The first-order chi connectivity index (χ1) is 16.3. The number of aliphatic hydroxyl groups is 1. The number of Topliss-reactive ketones (excluding diaryl/α,β-unsaturated/α-hetero) is 1. The predicted octanol–water partition coefficient (Wildman–Crippen LogP) is 6.98. The van der Waals surface area contributed by atoms with Crippen LogP contribution in [0.3, 0.4) is 0 Å². The van der Waals surface area contributed by atoms with E-state index in [0.29, 0.717) is 29.3 Å². The minimum absolute atomic E-state index is 0.0507. The molecule has 0 aliphatic rings. The van der Waals surface area contributed by atoms with E-state index in [0.717, 1.165) is 27.6 Å². The number of rotatable bonds is 8. The Morgan fingerprint density at radius 2 is 1.82 bits per heavy atom. The van der Waals surface area contributed by atoms with E-state index in [4.69, 9.17) is 16.3 Å². The Morgan fingerprint density at radius 1 is 1.03 bits per heavy atom. The molecule has 0 bridgehead atoms. The van der Waals surface area contributed by atoms with E-state index in [1.807, 2.05) is 66.7 Å². The second-order valence-electron chi connectivity index (χ2n) is 8.67. The van der Waals surface area contributed by atoms with Crippen molar-refractivity contribution in [1.29, 1.82) is 0 Å². The van der Waals surface area contributed by atoms with E-state index in [1.165, 1.54) is 0 Å². The third-order valence-electron chi connectivity index (χ3n) is 5.58. The zero-order valence-corrected chi connectivity index (χ0v) is 19.9. The second kappa shape index (κ2) is 10.2. The molecule has 0 atom stereocenters. The van der Waals surface area contributed by atoms with Crippen LogP contribution in [0.2, 0.25) is 5.02 Å². The Labute approximate surface area is 204 Å². The highest BCUT2D eigenvalue weighted by atomic mass is 35.5. The van der Waals surface area contributed by atoms with Gasteiger partial charge in [0.2, 0.25) is 5.88 Å². The Balaban J connectivity index is 1.41. The van der Waals surface area contributed by atoms with Crippen LogP contribution in [0.5, 0.6) is 5.88 Å². The normalized spacial score (nSPS) is 11.8. The minimum Gasteiger partial charge on any atom is -0.447 e. The number of ketones is 1. The maximum Gasteiger partial charge on any atom is 0.218 e. The number of hydrogen-bond acceptors (Lipinski definition) is 4. The van der Waals surface area contributed by atoms with Crippen LogP contribution in [0.25, 0.3) is 17.0 Å². The summed E-state index contributed by atoms with van der Waals surface area (Å²) < 4.78 is 5.67. The number of benzene rings is 3. The molecule has 0 saturated carbocycles. The lowest BCUT2D eigenvalue weighted by atomic mass is 9.90. The van der Waals surface area contributed by atoms with E-state index in [2.05, 4.69) is 4.98 Å². The maximum absolute atomic E-state index is 12.8. The Kier molecular flexibility index (Phi) is 7.11. The summed E-state index contributed by atoms with van der Waals surface area (Å²) in [6.07, 6.45) is 4.28. The van der Waals surface area contributed by atoms with Gasteiger partial charge in [0.25, 0.3) is 0 Å². The largest absolute Gasteiger partial charge is 0.447 e. The highest BCUT2D eigenvalue weighted by Gasteiger charge is 2.19. The molecule has 1 aromatic heterocycles. The topological polar surface area (TPSA) is 59.4 Å². The molecule has 3 aromatic carbocycles. The average molecular weight is 472 g/mol. The van der Waals surface area contributed by atoms with Gasteiger partial charge in [0.1, 0.15) is 0 Å². The van der Waals surface area contributed by atoms with Gasteiger partial charge in [-0.2, -0.15) is 0 Å². The molecular weight excluding hydrogens is 446 g/mol. The van der Waals surface area contributed by atoms with Crippen LogP contribution in [0.1, 0.15) is 47.3 Å². The summed E-state index contributed by atoms with van der Waals surface area (Å²) in [5.41, 5.74) is 3.14. The molecule has 0 spiro atoms. The third kappa shape index (κ3) is 5.90. The third-order valence-corrected chi connectivity index (χ3v) is 5.82. The fourth-order valence-corrected chi connectivity index (χ4v) is 4.03. The van der Waals surface area contributed by atoms with E-state index in [1.54, 1.807) is 38.3 Å². The zero-order chi connectivity index (χ0) is 24.1. The number of halogens is 1. The average Bonchev–Trinajstić information content (AvgIpc) is 2.82. The van der Waals surface area contributed by atoms with Crippen LogP contribution in [-0.2, 0) is 12.0 Å². The van der Waals surface area contributed by atoms with Gasteiger partial charge in [0.15, 0.2) is 5.78 Å². The van der Waals surface area contributed by atoms with Crippen molar-refractivity contribution in [2.45, 2.75) is 32.3 Å². The van der Waals surface area contributed by atoms with Crippen molar-refractivity contribution in [3.8, 4) is 5.88 Å². The van der Waals surface area contributed by atoms with Gasteiger partial charge in [-0.05, 0) is 67.3 Å². The van der Waals surface area contributed by atoms with Gasteiger partial charge in [0.05, 0.1) is 17.4 Å². The smallest absolute Gasteiger partial charge is 0.218 e. The van der Waals surface area contributed by atoms with E-state index < -0.39 is 5.60 Å². The van der Waals surface area contributed by atoms with Gasteiger partial charge < -0.3 is 9.84 Å². The Bertz CT molecular complexity index is 1360. The summed E-state index contributed by atoms with van der Waals surface area (Å²) in [5, 5.41) is 12.0. The number of ether oxygens (including phenoxy) is 1. The van der Waals surface area contributed by atoms with Crippen molar-refractivity contribution in [3.05, 3.63) is 112 Å². The number of fused-ring (bicyclic) bond motifs is 1. The maximum atomic E-state index is 12.8. The van der Waals surface area contributed by atoms with Crippen LogP contribution >= 0.6 is 11.6 Å². The van der Waals surface area contributed by atoms with Gasteiger partial charge in [0, 0.05) is 28.5 Å². The lowest BCUT2D eigenvalue weighted by Gasteiger charge is -2.21. The Morgan fingerprint density at radius 3 is 2.65 bits per heavy atom. The van der Waals surface area contributed by atoms with E-state index >= 15 is 0 Å². The number of carbonyl (C=O) groups is 1. The molecule has 0 fully saturated rings. The molecule has 0 saturated heterocycles. The van der Waals surface area contributed by atoms with E-state index in [-0.39, 0.29) is 5.78 Å². The molecule has 0 radical (unpaired) electrons. The highest BCUT2D eigenvalue weighted by molar-refractivity contribution is 6.31. The molecule has 172 valence electrons. The van der Waals surface area contributed by atoms with Gasteiger partial charge in [-0.15, -0.1) is 0 Å². The van der Waals surface area contributed by atoms with Crippen molar-refractivity contribution in [3.63, 3.8) is 0 Å². The summed E-state index contributed by atoms with van der Waals surface area (Å²) in [5.74, 6) is 0.513. The molecule has 0 unspecified atom stereocenters. The summed E-state index contributed by atoms with van der Waals surface area (Å²) in [6.45, 7) is 3.52. The first kappa shape index (κ1) is 23.7. The molecule has 1 heterocycles. The fourth-order valence-electron chi connectivity index (χ4n) is 3.86. The molecule has 0 aliphatic carbocycles. The van der Waals surface area contributed by atoms with Crippen molar-refractivity contribution in [1.82, 2.24) is 4.98 Å². The van der Waals surface area contributed by atoms with Gasteiger partial charge >= 0.3 is 0 Å². The SMILES string of the molecule is CC(C)(O)c1ccccc1CCC(=O)c1cccc(/C=C/Oc2ccc3ccc(Cl)cc3n2)c1. The van der Waals surface area contributed by atoms with Crippen molar-refractivity contribution in [2.75, 3.05) is 0 Å². The quantitative estimate of drug-likeness (QED) is 0.222. The first-order valence-corrected chi connectivity index (χ1v) is 11.5. The minimum atomic E-state index is -0.948. The summed E-state index contributed by atoms with van der Waals surface area (Å²) >= 11 is 6.05. The number of nitrogens with zero attached hydrogens (tertiary/aromatic N) is 1. The van der Waals surface area contributed by atoms with Crippen LogP contribution in [0.4, 0.5) is 0 Å². The summed E-state index contributed by atoms with van der Waals surface area (Å²) in [4.78, 5) is 17.3. The van der Waals surface area contributed by atoms with Crippen molar-refractivity contribution >= 4 is 34.4 Å². The standard InChI is InChI=1S/C29H26ClNO3/c1-29(2,33)25-9-4-3-7-21(25)11-14-27(32)23-8-5-6-20(18-23)16-17-34-28-15-12-22-10-13-24(30)19-26(22)31-28/h3-10,12-13,15-19,33H,11,14H2,1-2H3/b17-16+. The first-order valence-electron chi connectivity index (χ1n) is 11.1. The van der Waals surface area contributed by atoms with Crippen LogP contribution in [-0.4, -0.2) is 15.9 Å². The van der Waals surface area contributed by atoms with Crippen molar-refractivity contribution in [2.24, 2.45) is 0 Å². The molecular formula is C29H26ClNO3. The summed E-state index contributed by atoms with van der Waals surface area (Å²) in [7, 11) is 0. The lowest BCUT2D eigenvalue weighted by molar-refractivity contribution is 0.0773. The number of aromatic nitrogens is 1. The van der Waals surface area contributed by atoms with Gasteiger partial charge in [-0.3, -0.25) is 4.79 Å². The molecule has 0 aliphatic heterocycles.